The maximum absolute atomic E-state index is 13.2. The fraction of sp³-hybridized carbons (Fsp3) is 0.538. The molecule has 1 unspecified atom stereocenters. The molecule has 1 aromatic carbocycles. The van der Waals surface area contributed by atoms with E-state index >= 15 is 0 Å². The third-order valence-corrected chi connectivity index (χ3v) is 3.76. The molecule has 16 heavy (non-hydrogen) atoms. The minimum absolute atomic E-state index is 0.189. The van der Waals surface area contributed by atoms with Gasteiger partial charge in [0.25, 0.3) is 0 Å². The number of halogens is 2. The van der Waals surface area contributed by atoms with Gasteiger partial charge in [-0.15, -0.1) is 0 Å². The zero-order valence-electron chi connectivity index (χ0n) is 9.84. The van der Waals surface area contributed by atoms with Crippen molar-refractivity contribution in [2.75, 3.05) is 0 Å². The van der Waals surface area contributed by atoms with Crippen molar-refractivity contribution in [2.24, 2.45) is 11.7 Å². The molecule has 0 spiro atoms. The van der Waals surface area contributed by atoms with Gasteiger partial charge < -0.3 is 5.73 Å². The molecule has 90 valence electrons. The maximum atomic E-state index is 13.2. The average molecular weight is 288 g/mol. The lowest BCUT2D eigenvalue weighted by Gasteiger charge is -2.15. The Bertz CT molecular complexity index is 339. The van der Waals surface area contributed by atoms with Gasteiger partial charge in [0, 0.05) is 6.04 Å². The van der Waals surface area contributed by atoms with Gasteiger partial charge >= 0.3 is 0 Å². The van der Waals surface area contributed by atoms with Gasteiger partial charge in [0.2, 0.25) is 0 Å². The van der Waals surface area contributed by atoms with Crippen LogP contribution in [0.4, 0.5) is 4.39 Å². The molecule has 0 heterocycles. The Kier molecular flexibility index (Phi) is 5.42. The summed E-state index contributed by atoms with van der Waals surface area (Å²) in [6.07, 6.45) is 2.86. The summed E-state index contributed by atoms with van der Waals surface area (Å²) in [6.45, 7) is 4.26. The topological polar surface area (TPSA) is 26.0 Å². The first kappa shape index (κ1) is 13.7. The number of rotatable bonds is 5. The minimum Gasteiger partial charge on any atom is -0.327 e. The molecule has 0 saturated heterocycles. The van der Waals surface area contributed by atoms with Crippen LogP contribution in [0.2, 0.25) is 0 Å². The van der Waals surface area contributed by atoms with Gasteiger partial charge in [-0.1, -0.05) is 26.0 Å². The summed E-state index contributed by atoms with van der Waals surface area (Å²) in [7, 11) is 0. The van der Waals surface area contributed by atoms with Gasteiger partial charge in [0.15, 0.2) is 0 Å². The lowest BCUT2D eigenvalue weighted by atomic mass is 9.98. The van der Waals surface area contributed by atoms with E-state index in [0.29, 0.717) is 10.4 Å². The fourth-order valence-corrected chi connectivity index (χ4v) is 2.07. The van der Waals surface area contributed by atoms with Crippen LogP contribution in [-0.4, -0.2) is 6.04 Å². The highest BCUT2D eigenvalue weighted by Gasteiger charge is 2.09. The van der Waals surface area contributed by atoms with Crippen LogP contribution in [0.1, 0.15) is 32.3 Å². The summed E-state index contributed by atoms with van der Waals surface area (Å²) >= 11 is 3.27. The van der Waals surface area contributed by atoms with Gasteiger partial charge in [-0.05, 0) is 52.7 Å². The Morgan fingerprint density at radius 3 is 2.69 bits per heavy atom. The molecule has 0 radical (unpaired) electrons. The summed E-state index contributed by atoms with van der Waals surface area (Å²) in [5.74, 6) is 0.321. The predicted molar refractivity (Wildman–Crippen MR) is 69.9 cm³/mol. The molecule has 0 aromatic heterocycles. The molecule has 1 rings (SSSR count). The quantitative estimate of drug-likeness (QED) is 0.874. The van der Waals surface area contributed by atoms with E-state index < -0.39 is 0 Å². The summed E-state index contributed by atoms with van der Waals surface area (Å²) < 4.78 is 13.8. The van der Waals surface area contributed by atoms with E-state index in [2.05, 4.69) is 29.8 Å². The van der Waals surface area contributed by atoms with Crippen LogP contribution < -0.4 is 5.73 Å². The number of benzene rings is 1. The monoisotopic (exact) mass is 287 g/mol. The lowest BCUT2D eigenvalue weighted by molar-refractivity contribution is 0.452. The molecular weight excluding hydrogens is 269 g/mol. The van der Waals surface area contributed by atoms with Gasteiger partial charge in [-0.25, -0.2) is 4.39 Å². The zero-order chi connectivity index (χ0) is 12.1. The standard InChI is InChI=1S/C13H19BrFN/c1-9(2)12(16)8-4-6-10-5-3-7-11(15)13(10)14/h3,5,7,9,12H,4,6,8,16H2,1-2H3. The Morgan fingerprint density at radius 1 is 1.38 bits per heavy atom. The lowest BCUT2D eigenvalue weighted by Crippen LogP contribution is -2.26. The van der Waals surface area contributed by atoms with Crippen molar-refractivity contribution in [3.05, 3.63) is 34.1 Å². The Balaban J connectivity index is 2.46. The molecule has 1 aromatic rings. The highest BCUT2D eigenvalue weighted by atomic mass is 79.9. The van der Waals surface area contributed by atoms with E-state index in [1.807, 2.05) is 6.07 Å². The molecule has 0 saturated carbocycles. The van der Waals surface area contributed by atoms with Crippen LogP contribution in [0.5, 0.6) is 0 Å². The Morgan fingerprint density at radius 2 is 2.06 bits per heavy atom. The normalized spacial score (nSPS) is 13.1. The van der Waals surface area contributed by atoms with Crippen molar-refractivity contribution in [3.63, 3.8) is 0 Å². The first-order valence-electron chi connectivity index (χ1n) is 5.71. The van der Waals surface area contributed by atoms with Crippen molar-refractivity contribution < 1.29 is 4.39 Å². The van der Waals surface area contributed by atoms with E-state index in [4.69, 9.17) is 5.73 Å². The van der Waals surface area contributed by atoms with Crippen molar-refractivity contribution in [2.45, 2.75) is 39.2 Å². The summed E-state index contributed by atoms with van der Waals surface area (Å²) in [6, 6.07) is 5.41. The molecule has 2 N–H and O–H groups in total. The predicted octanol–water partition coefficient (Wildman–Crippen LogP) is 3.89. The Hall–Kier alpha value is -0.410. The zero-order valence-corrected chi connectivity index (χ0v) is 11.4. The van der Waals surface area contributed by atoms with E-state index in [1.165, 1.54) is 6.07 Å². The van der Waals surface area contributed by atoms with Crippen LogP contribution >= 0.6 is 15.9 Å². The van der Waals surface area contributed by atoms with E-state index in [-0.39, 0.29) is 11.9 Å². The molecular formula is C13H19BrFN. The van der Waals surface area contributed by atoms with Crippen LogP contribution in [0.15, 0.2) is 22.7 Å². The number of hydrogen-bond acceptors (Lipinski definition) is 1. The SMILES string of the molecule is CC(C)C(N)CCCc1cccc(F)c1Br. The van der Waals surface area contributed by atoms with E-state index in [9.17, 15) is 4.39 Å². The fourth-order valence-electron chi connectivity index (χ4n) is 1.60. The summed E-state index contributed by atoms with van der Waals surface area (Å²) in [4.78, 5) is 0. The highest BCUT2D eigenvalue weighted by Crippen LogP contribution is 2.22. The van der Waals surface area contributed by atoms with Crippen LogP contribution in [0.3, 0.4) is 0 Å². The number of nitrogens with two attached hydrogens (primary N) is 1. The molecule has 1 nitrogen and oxygen atoms in total. The Labute approximate surface area is 105 Å². The first-order chi connectivity index (χ1) is 7.52. The summed E-state index contributed by atoms with van der Waals surface area (Å²) in [5.41, 5.74) is 6.99. The highest BCUT2D eigenvalue weighted by molar-refractivity contribution is 9.10. The smallest absolute Gasteiger partial charge is 0.137 e. The van der Waals surface area contributed by atoms with Gasteiger partial charge in [-0.3, -0.25) is 0 Å². The molecule has 1 atom stereocenters. The summed E-state index contributed by atoms with van der Waals surface area (Å²) in [5, 5.41) is 0. The van der Waals surface area contributed by atoms with E-state index in [1.54, 1.807) is 6.07 Å². The van der Waals surface area contributed by atoms with Crippen molar-refractivity contribution in [1.29, 1.82) is 0 Å². The molecule has 0 aliphatic carbocycles. The second-order valence-corrected chi connectivity index (χ2v) is 5.31. The number of aryl methyl sites for hydroxylation is 1. The number of hydrogen-bond donors (Lipinski definition) is 1. The van der Waals surface area contributed by atoms with Crippen LogP contribution in [-0.2, 0) is 6.42 Å². The van der Waals surface area contributed by atoms with Gasteiger partial charge in [0.05, 0.1) is 4.47 Å². The van der Waals surface area contributed by atoms with Gasteiger partial charge in [-0.2, -0.15) is 0 Å². The third kappa shape index (κ3) is 3.87. The minimum atomic E-state index is -0.189. The molecule has 0 amide bonds. The second kappa shape index (κ2) is 6.36. The maximum Gasteiger partial charge on any atom is 0.137 e. The van der Waals surface area contributed by atoms with Gasteiger partial charge in [0.1, 0.15) is 5.82 Å². The third-order valence-electron chi connectivity index (χ3n) is 2.87. The molecule has 0 aliphatic heterocycles. The van der Waals surface area contributed by atoms with Crippen molar-refractivity contribution >= 4 is 15.9 Å². The van der Waals surface area contributed by atoms with Crippen LogP contribution in [0.25, 0.3) is 0 Å². The van der Waals surface area contributed by atoms with Crippen molar-refractivity contribution in [3.8, 4) is 0 Å². The first-order valence-corrected chi connectivity index (χ1v) is 6.50. The van der Waals surface area contributed by atoms with Crippen LogP contribution in [0, 0.1) is 11.7 Å². The molecule has 0 bridgehead atoms. The average Bonchev–Trinajstić information content (AvgIpc) is 2.24. The largest absolute Gasteiger partial charge is 0.327 e. The second-order valence-electron chi connectivity index (χ2n) is 4.51. The van der Waals surface area contributed by atoms with E-state index in [0.717, 1.165) is 24.8 Å². The molecule has 0 aliphatic rings. The molecule has 0 fully saturated rings. The molecule has 3 heteroatoms. The van der Waals surface area contributed by atoms with Crippen molar-refractivity contribution in [1.82, 2.24) is 0 Å².